The molecule has 1 heterocycles. The van der Waals surface area contributed by atoms with Crippen molar-refractivity contribution in [3.63, 3.8) is 0 Å². The van der Waals surface area contributed by atoms with Crippen molar-refractivity contribution in [1.29, 1.82) is 0 Å². The molecule has 0 aliphatic carbocycles. The van der Waals surface area contributed by atoms with Crippen LogP contribution in [0.1, 0.15) is 23.1 Å². The van der Waals surface area contributed by atoms with Crippen molar-refractivity contribution in [1.82, 2.24) is 9.55 Å². The number of aryl methyl sites for hydroxylation is 2. The first kappa shape index (κ1) is 13.6. The first-order valence-electron chi connectivity index (χ1n) is 6.14. The van der Waals surface area contributed by atoms with Crippen LogP contribution in [0.5, 0.6) is 0 Å². The van der Waals surface area contributed by atoms with Crippen LogP contribution in [0.4, 0.5) is 0 Å². The Bertz CT molecular complexity index is 566. The molecule has 19 heavy (non-hydrogen) atoms. The van der Waals surface area contributed by atoms with Crippen molar-refractivity contribution in [2.24, 2.45) is 0 Å². The number of benzene rings is 1. The monoisotopic (exact) mass is 278 g/mol. The molecule has 4 nitrogen and oxygen atoms in total. The van der Waals surface area contributed by atoms with E-state index in [0.717, 1.165) is 17.0 Å². The number of rotatable bonds is 5. The Balaban J connectivity index is 2.06. The van der Waals surface area contributed by atoms with Crippen LogP contribution in [0, 0.1) is 0 Å². The molecule has 2 rings (SSSR count). The number of halogens is 1. The maximum Gasteiger partial charge on any atom is 0.374 e. The van der Waals surface area contributed by atoms with Crippen LogP contribution in [0.25, 0.3) is 0 Å². The number of hydrogen-bond donors (Lipinski definition) is 0. The second-order valence-corrected chi connectivity index (χ2v) is 4.41. The summed E-state index contributed by atoms with van der Waals surface area (Å²) in [6.07, 6.45) is 4.10. The van der Waals surface area contributed by atoms with Crippen molar-refractivity contribution >= 4 is 17.6 Å². The molecule has 0 amide bonds. The van der Waals surface area contributed by atoms with E-state index >= 15 is 0 Å². The Labute approximate surface area is 117 Å². The summed E-state index contributed by atoms with van der Waals surface area (Å²) in [6, 6.07) is 7.68. The van der Waals surface area contributed by atoms with Crippen LogP contribution in [-0.4, -0.2) is 22.1 Å². The number of ether oxygens (including phenoxy) is 1. The molecule has 0 bridgehead atoms. The molecule has 1 aromatic heterocycles. The molecule has 2 aromatic rings. The lowest BCUT2D eigenvalue weighted by Gasteiger charge is -2.08. The van der Waals surface area contributed by atoms with E-state index in [-0.39, 0.29) is 0 Å². The summed E-state index contributed by atoms with van der Waals surface area (Å²) < 4.78 is 6.73. The number of esters is 1. The largest absolute Gasteiger partial charge is 0.460 e. The zero-order valence-corrected chi connectivity index (χ0v) is 11.4. The smallest absolute Gasteiger partial charge is 0.374 e. The normalized spacial score (nSPS) is 10.4. The molecule has 5 heteroatoms. The van der Waals surface area contributed by atoms with Crippen LogP contribution in [0.15, 0.2) is 36.7 Å². The zero-order valence-electron chi connectivity index (χ0n) is 10.7. The average Bonchev–Trinajstić information content (AvgIpc) is 2.86. The van der Waals surface area contributed by atoms with E-state index < -0.39 is 5.97 Å². The van der Waals surface area contributed by atoms with Gasteiger partial charge >= 0.3 is 5.97 Å². The third kappa shape index (κ3) is 3.35. The lowest BCUT2D eigenvalue weighted by atomic mass is 10.1. The molecule has 0 aliphatic rings. The zero-order chi connectivity index (χ0) is 13.7. The van der Waals surface area contributed by atoms with Gasteiger partial charge in [-0.05, 0) is 25.0 Å². The number of nitrogens with zero attached hydrogens (tertiary/aromatic N) is 2. The van der Waals surface area contributed by atoms with Crippen molar-refractivity contribution in [2.75, 3.05) is 6.61 Å². The van der Waals surface area contributed by atoms with E-state index in [4.69, 9.17) is 16.3 Å². The number of carbonyl (C=O) groups excluding carboxylic acids is 1. The number of hydrogen-bond acceptors (Lipinski definition) is 3. The fraction of sp³-hybridized carbons (Fsp3) is 0.286. The highest BCUT2D eigenvalue weighted by Crippen LogP contribution is 2.16. The summed E-state index contributed by atoms with van der Waals surface area (Å²) in [7, 11) is 0. The highest BCUT2D eigenvalue weighted by molar-refractivity contribution is 6.31. The van der Waals surface area contributed by atoms with Gasteiger partial charge in [0.25, 0.3) is 0 Å². The molecule has 0 fully saturated rings. The van der Waals surface area contributed by atoms with Gasteiger partial charge in [-0.25, -0.2) is 9.78 Å². The van der Waals surface area contributed by atoms with Crippen molar-refractivity contribution in [3.05, 3.63) is 53.1 Å². The molecule has 0 radical (unpaired) electrons. The highest BCUT2D eigenvalue weighted by atomic mass is 35.5. The van der Waals surface area contributed by atoms with Gasteiger partial charge in [-0.15, -0.1) is 0 Å². The fourth-order valence-corrected chi connectivity index (χ4v) is 2.05. The van der Waals surface area contributed by atoms with E-state index in [0.29, 0.717) is 19.0 Å². The molecule has 1 aromatic carbocycles. The summed E-state index contributed by atoms with van der Waals surface area (Å²) in [5.74, 6) is -0.0689. The maximum absolute atomic E-state index is 11.7. The molecule has 0 N–H and O–H groups in total. The van der Waals surface area contributed by atoms with Gasteiger partial charge in [0.15, 0.2) is 0 Å². The Morgan fingerprint density at radius 1 is 1.42 bits per heavy atom. The van der Waals surface area contributed by atoms with Gasteiger partial charge < -0.3 is 9.30 Å². The van der Waals surface area contributed by atoms with Crippen molar-refractivity contribution < 1.29 is 9.53 Å². The van der Waals surface area contributed by atoms with Crippen molar-refractivity contribution in [3.8, 4) is 0 Å². The molecule has 0 saturated heterocycles. The minimum Gasteiger partial charge on any atom is -0.460 e. The van der Waals surface area contributed by atoms with Gasteiger partial charge in [-0.2, -0.15) is 0 Å². The van der Waals surface area contributed by atoms with Crippen LogP contribution >= 0.6 is 11.6 Å². The van der Waals surface area contributed by atoms with Crippen LogP contribution in [-0.2, 0) is 17.7 Å². The summed E-state index contributed by atoms with van der Waals surface area (Å²) >= 11 is 6.10. The molecule has 0 unspecified atom stereocenters. The van der Waals surface area contributed by atoms with E-state index in [1.54, 1.807) is 23.9 Å². The maximum atomic E-state index is 11.7. The number of imidazole rings is 1. The minimum absolute atomic E-state index is 0.328. The van der Waals surface area contributed by atoms with Gasteiger partial charge in [0.05, 0.1) is 6.61 Å². The van der Waals surface area contributed by atoms with E-state index in [9.17, 15) is 4.79 Å². The lowest BCUT2D eigenvalue weighted by Crippen LogP contribution is -2.14. The number of carbonyl (C=O) groups is 1. The van der Waals surface area contributed by atoms with Gasteiger partial charge in [0, 0.05) is 24.0 Å². The Kier molecular flexibility index (Phi) is 4.58. The molecule has 0 aliphatic heterocycles. The van der Waals surface area contributed by atoms with Gasteiger partial charge in [-0.1, -0.05) is 29.8 Å². The SMILES string of the molecule is CCOC(=O)c1nccn1CCc1ccccc1Cl. The van der Waals surface area contributed by atoms with Crippen LogP contribution < -0.4 is 0 Å². The predicted octanol–water partition coefficient (Wildman–Crippen LogP) is 2.96. The van der Waals surface area contributed by atoms with Gasteiger partial charge in [0.1, 0.15) is 0 Å². The molecular formula is C14H15ClN2O2. The third-order valence-electron chi connectivity index (χ3n) is 2.75. The third-order valence-corrected chi connectivity index (χ3v) is 3.12. The molecule has 100 valence electrons. The summed E-state index contributed by atoms with van der Waals surface area (Å²) in [5.41, 5.74) is 1.05. The first-order valence-corrected chi connectivity index (χ1v) is 6.52. The molecular weight excluding hydrogens is 264 g/mol. The van der Waals surface area contributed by atoms with E-state index in [1.807, 2.05) is 24.3 Å². The Morgan fingerprint density at radius 3 is 2.95 bits per heavy atom. The Morgan fingerprint density at radius 2 is 2.21 bits per heavy atom. The lowest BCUT2D eigenvalue weighted by molar-refractivity contribution is 0.0506. The quantitative estimate of drug-likeness (QED) is 0.790. The molecule has 0 spiro atoms. The Hall–Kier alpha value is -1.81. The van der Waals surface area contributed by atoms with Crippen LogP contribution in [0.3, 0.4) is 0 Å². The number of aromatic nitrogens is 2. The van der Waals surface area contributed by atoms with E-state index in [2.05, 4.69) is 4.98 Å². The van der Waals surface area contributed by atoms with E-state index in [1.165, 1.54) is 0 Å². The standard InChI is InChI=1S/C14H15ClN2O2/c1-2-19-14(18)13-16-8-10-17(13)9-7-11-5-3-4-6-12(11)15/h3-6,8,10H,2,7,9H2,1H3. The second kappa shape index (κ2) is 6.38. The second-order valence-electron chi connectivity index (χ2n) is 4.01. The summed E-state index contributed by atoms with van der Waals surface area (Å²) in [4.78, 5) is 15.7. The highest BCUT2D eigenvalue weighted by Gasteiger charge is 2.13. The predicted molar refractivity (Wildman–Crippen MR) is 73.3 cm³/mol. The summed E-state index contributed by atoms with van der Waals surface area (Å²) in [6.45, 7) is 2.75. The molecule has 0 atom stereocenters. The topological polar surface area (TPSA) is 44.1 Å². The molecule has 0 saturated carbocycles. The van der Waals surface area contributed by atoms with Crippen LogP contribution in [0.2, 0.25) is 5.02 Å². The first-order chi connectivity index (χ1) is 9.22. The summed E-state index contributed by atoms with van der Waals surface area (Å²) in [5, 5.41) is 0.736. The fourth-order valence-electron chi connectivity index (χ4n) is 1.82. The minimum atomic E-state index is -0.397. The van der Waals surface area contributed by atoms with Crippen molar-refractivity contribution in [2.45, 2.75) is 19.9 Å². The average molecular weight is 279 g/mol. The van der Waals surface area contributed by atoms with Gasteiger partial charge in [0.2, 0.25) is 5.82 Å². The van der Waals surface area contributed by atoms with Gasteiger partial charge in [-0.3, -0.25) is 0 Å².